The highest BCUT2D eigenvalue weighted by Gasteiger charge is 2.08. The zero-order valence-corrected chi connectivity index (χ0v) is 13.6. The smallest absolute Gasteiger partial charge is 0.234 e. The topological polar surface area (TPSA) is 44.4 Å². The molecule has 1 rings (SSSR count). The molecule has 0 radical (unpaired) electrons. The van der Waals surface area contributed by atoms with E-state index in [9.17, 15) is 4.79 Å². The third-order valence-corrected chi connectivity index (χ3v) is 3.23. The van der Waals surface area contributed by atoms with E-state index in [1.54, 1.807) is 7.05 Å². The van der Waals surface area contributed by atoms with Crippen molar-refractivity contribution in [2.75, 3.05) is 20.6 Å². The number of hydrogen-bond donors (Lipinski definition) is 2. The van der Waals surface area contributed by atoms with Crippen LogP contribution in [0.25, 0.3) is 0 Å². The summed E-state index contributed by atoms with van der Waals surface area (Å²) in [5.41, 5.74) is 2.45. The lowest BCUT2D eigenvalue weighted by Crippen LogP contribution is -2.32. The summed E-state index contributed by atoms with van der Waals surface area (Å²) < 4.78 is 0. The molecule has 0 aliphatic carbocycles. The molecule has 0 aliphatic heterocycles. The van der Waals surface area contributed by atoms with Gasteiger partial charge in [0, 0.05) is 19.1 Å². The maximum Gasteiger partial charge on any atom is 0.234 e. The molecule has 1 aromatic rings. The van der Waals surface area contributed by atoms with E-state index in [1.165, 1.54) is 11.1 Å². The summed E-state index contributed by atoms with van der Waals surface area (Å²) in [6.07, 6.45) is 0. The molecule has 20 heavy (non-hydrogen) atoms. The fourth-order valence-electron chi connectivity index (χ4n) is 1.75. The minimum absolute atomic E-state index is 0. The molecule has 0 bridgehead atoms. The van der Waals surface area contributed by atoms with Crippen molar-refractivity contribution in [1.29, 1.82) is 0 Å². The van der Waals surface area contributed by atoms with Crippen LogP contribution < -0.4 is 10.6 Å². The second-order valence-corrected chi connectivity index (χ2v) is 5.08. The van der Waals surface area contributed by atoms with E-state index in [2.05, 4.69) is 48.6 Å². The first-order valence-corrected chi connectivity index (χ1v) is 6.73. The monoisotopic (exact) mass is 299 g/mol. The zero-order chi connectivity index (χ0) is 14.3. The van der Waals surface area contributed by atoms with E-state index in [-0.39, 0.29) is 18.3 Å². The van der Waals surface area contributed by atoms with Gasteiger partial charge in [-0.3, -0.25) is 9.69 Å². The third-order valence-electron chi connectivity index (χ3n) is 3.23. The Morgan fingerprint density at radius 2 is 1.85 bits per heavy atom. The molecule has 0 atom stereocenters. The van der Waals surface area contributed by atoms with Gasteiger partial charge in [-0.1, -0.05) is 24.3 Å². The van der Waals surface area contributed by atoms with Crippen LogP contribution >= 0.6 is 12.4 Å². The Labute approximate surface area is 128 Å². The summed E-state index contributed by atoms with van der Waals surface area (Å²) in [5, 5.41) is 5.77. The Balaban J connectivity index is 0.00000361. The van der Waals surface area contributed by atoms with Gasteiger partial charge >= 0.3 is 0 Å². The zero-order valence-electron chi connectivity index (χ0n) is 12.8. The second-order valence-electron chi connectivity index (χ2n) is 5.08. The number of rotatable bonds is 7. The van der Waals surface area contributed by atoms with Crippen LogP contribution in [0.4, 0.5) is 0 Å². The second kappa shape index (κ2) is 9.75. The summed E-state index contributed by atoms with van der Waals surface area (Å²) in [7, 11) is 3.88. The average Bonchev–Trinajstić information content (AvgIpc) is 2.38. The van der Waals surface area contributed by atoms with Crippen LogP contribution in [0.3, 0.4) is 0 Å². The number of carbonyl (C=O) groups is 1. The van der Waals surface area contributed by atoms with Crippen LogP contribution in [-0.2, 0) is 17.9 Å². The van der Waals surface area contributed by atoms with Gasteiger partial charge in [-0.15, -0.1) is 12.4 Å². The Kier molecular flexibility index (Phi) is 9.21. The SMILES string of the molecule is CNCC(=O)NCc1ccccc1CN(C)C(C)C.Cl. The number of benzene rings is 1. The molecular formula is C15H26ClN3O. The highest BCUT2D eigenvalue weighted by Crippen LogP contribution is 2.12. The van der Waals surface area contributed by atoms with E-state index in [0.717, 1.165) is 6.54 Å². The number of carbonyl (C=O) groups excluding carboxylic acids is 1. The quantitative estimate of drug-likeness (QED) is 0.807. The summed E-state index contributed by atoms with van der Waals surface area (Å²) in [5.74, 6) is 0.0227. The molecule has 2 N–H and O–H groups in total. The summed E-state index contributed by atoms with van der Waals surface area (Å²) in [6.45, 7) is 6.20. The standard InChI is InChI=1S/C15H25N3O.ClH/c1-12(2)18(4)11-14-8-6-5-7-13(14)9-17-15(19)10-16-3;/h5-8,12,16H,9-11H2,1-4H3,(H,17,19);1H. The predicted molar refractivity (Wildman–Crippen MR) is 86.1 cm³/mol. The molecular weight excluding hydrogens is 274 g/mol. The lowest BCUT2D eigenvalue weighted by Gasteiger charge is -2.22. The van der Waals surface area contributed by atoms with Crippen molar-refractivity contribution in [2.45, 2.75) is 33.0 Å². The highest BCUT2D eigenvalue weighted by atomic mass is 35.5. The molecule has 1 aromatic carbocycles. The lowest BCUT2D eigenvalue weighted by molar-refractivity contribution is -0.120. The fraction of sp³-hybridized carbons (Fsp3) is 0.533. The average molecular weight is 300 g/mol. The third kappa shape index (κ3) is 6.37. The first kappa shape index (κ1) is 18.9. The molecule has 5 heteroatoms. The molecule has 0 saturated carbocycles. The first-order chi connectivity index (χ1) is 9.04. The predicted octanol–water partition coefficient (Wildman–Crippen LogP) is 1.78. The number of nitrogens with zero attached hydrogens (tertiary/aromatic N) is 1. The van der Waals surface area contributed by atoms with Crippen molar-refractivity contribution >= 4 is 18.3 Å². The number of hydrogen-bond acceptors (Lipinski definition) is 3. The number of nitrogens with one attached hydrogen (secondary N) is 2. The van der Waals surface area contributed by atoms with Crippen molar-refractivity contribution in [1.82, 2.24) is 15.5 Å². The minimum Gasteiger partial charge on any atom is -0.351 e. The molecule has 114 valence electrons. The molecule has 0 aromatic heterocycles. The van der Waals surface area contributed by atoms with Gasteiger partial charge in [0.1, 0.15) is 0 Å². The van der Waals surface area contributed by atoms with Gasteiger partial charge in [0.25, 0.3) is 0 Å². The number of likely N-dealkylation sites (N-methyl/N-ethyl adjacent to an activating group) is 1. The number of amides is 1. The Morgan fingerprint density at radius 3 is 2.40 bits per heavy atom. The van der Waals surface area contributed by atoms with Crippen LogP contribution in [-0.4, -0.2) is 37.5 Å². The van der Waals surface area contributed by atoms with E-state index < -0.39 is 0 Å². The van der Waals surface area contributed by atoms with Gasteiger partial charge in [-0.05, 0) is 39.1 Å². The molecule has 0 aliphatic rings. The molecule has 4 nitrogen and oxygen atoms in total. The maximum absolute atomic E-state index is 11.5. The molecule has 0 heterocycles. The summed E-state index contributed by atoms with van der Waals surface area (Å²) in [4.78, 5) is 13.8. The Hall–Kier alpha value is -1.10. The highest BCUT2D eigenvalue weighted by molar-refractivity contribution is 5.85. The maximum atomic E-state index is 11.5. The fourth-order valence-corrected chi connectivity index (χ4v) is 1.75. The van der Waals surface area contributed by atoms with Crippen LogP contribution in [0.5, 0.6) is 0 Å². The van der Waals surface area contributed by atoms with Crippen molar-refractivity contribution in [2.24, 2.45) is 0 Å². The van der Waals surface area contributed by atoms with Crippen LogP contribution in [0.2, 0.25) is 0 Å². The van der Waals surface area contributed by atoms with E-state index in [1.807, 2.05) is 12.1 Å². The van der Waals surface area contributed by atoms with Gasteiger partial charge < -0.3 is 10.6 Å². The summed E-state index contributed by atoms with van der Waals surface area (Å²) in [6, 6.07) is 8.76. The minimum atomic E-state index is 0. The normalized spacial score (nSPS) is 10.5. The Morgan fingerprint density at radius 1 is 1.25 bits per heavy atom. The van der Waals surface area contributed by atoms with Crippen molar-refractivity contribution in [3.63, 3.8) is 0 Å². The Bertz CT molecular complexity index is 410. The lowest BCUT2D eigenvalue weighted by atomic mass is 10.1. The van der Waals surface area contributed by atoms with Gasteiger partial charge in [0.05, 0.1) is 6.54 Å². The molecule has 0 unspecified atom stereocenters. The largest absolute Gasteiger partial charge is 0.351 e. The van der Waals surface area contributed by atoms with Gasteiger partial charge in [-0.25, -0.2) is 0 Å². The van der Waals surface area contributed by atoms with E-state index in [0.29, 0.717) is 19.1 Å². The van der Waals surface area contributed by atoms with E-state index >= 15 is 0 Å². The molecule has 1 amide bonds. The van der Waals surface area contributed by atoms with Crippen LogP contribution in [0.1, 0.15) is 25.0 Å². The van der Waals surface area contributed by atoms with Gasteiger partial charge in [-0.2, -0.15) is 0 Å². The number of halogens is 1. The molecule has 0 fully saturated rings. The van der Waals surface area contributed by atoms with Gasteiger partial charge in [0.2, 0.25) is 5.91 Å². The van der Waals surface area contributed by atoms with Crippen molar-refractivity contribution in [3.05, 3.63) is 35.4 Å². The van der Waals surface area contributed by atoms with Crippen LogP contribution in [0, 0.1) is 0 Å². The first-order valence-electron chi connectivity index (χ1n) is 6.73. The van der Waals surface area contributed by atoms with Crippen molar-refractivity contribution < 1.29 is 4.79 Å². The van der Waals surface area contributed by atoms with Crippen LogP contribution in [0.15, 0.2) is 24.3 Å². The summed E-state index contributed by atoms with van der Waals surface area (Å²) >= 11 is 0. The van der Waals surface area contributed by atoms with Gasteiger partial charge in [0.15, 0.2) is 0 Å². The molecule has 0 saturated heterocycles. The van der Waals surface area contributed by atoms with E-state index in [4.69, 9.17) is 0 Å². The van der Waals surface area contributed by atoms with Crippen molar-refractivity contribution in [3.8, 4) is 0 Å². The molecule has 0 spiro atoms.